The number of amides is 1. The summed E-state index contributed by atoms with van der Waals surface area (Å²) in [5.74, 6) is 1.10. The number of anilines is 1. The van der Waals surface area contributed by atoms with Gasteiger partial charge in [-0.3, -0.25) is 4.79 Å². The molecule has 0 unspecified atom stereocenters. The van der Waals surface area contributed by atoms with Gasteiger partial charge in [-0.2, -0.15) is 9.78 Å². The van der Waals surface area contributed by atoms with Crippen molar-refractivity contribution >= 4 is 34.0 Å². The van der Waals surface area contributed by atoms with Gasteiger partial charge in [-0.15, -0.1) is 11.3 Å². The molecule has 176 valence electrons. The number of hydrogen-bond donors (Lipinski definition) is 1. The Morgan fingerprint density at radius 1 is 1.06 bits per heavy atom. The van der Waals surface area contributed by atoms with Crippen molar-refractivity contribution in [2.24, 2.45) is 0 Å². The number of nitrogens with zero attached hydrogens (tertiary/aromatic N) is 4. The van der Waals surface area contributed by atoms with E-state index in [0.29, 0.717) is 33.0 Å². The SMILES string of the molecule is COc1cccc2c(C)cc(-n3nc(C)cc3NC(=O)c3sc(-c4ccc(F)cc4)nc3C)nc12. The molecule has 0 bridgehead atoms. The van der Waals surface area contributed by atoms with E-state index in [1.54, 1.807) is 36.9 Å². The minimum Gasteiger partial charge on any atom is -0.494 e. The molecule has 2 aromatic carbocycles. The van der Waals surface area contributed by atoms with Crippen LogP contribution in [0, 0.1) is 26.6 Å². The van der Waals surface area contributed by atoms with Gasteiger partial charge in [0, 0.05) is 17.0 Å². The highest BCUT2D eigenvalue weighted by Crippen LogP contribution is 2.31. The molecule has 0 aliphatic heterocycles. The molecule has 0 aliphatic rings. The van der Waals surface area contributed by atoms with Crippen molar-refractivity contribution in [1.82, 2.24) is 19.7 Å². The van der Waals surface area contributed by atoms with E-state index in [0.717, 1.165) is 27.7 Å². The first kappa shape index (κ1) is 22.7. The summed E-state index contributed by atoms with van der Waals surface area (Å²) in [7, 11) is 1.61. The van der Waals surface area contributed by atoms with Gasteiger partial charge in [-0.1, -0.05) is 12.1 Å². The summed E-state index contributed by atoms with van der Waals surface area (Å²) in [6.45, 7) is 5.63. The molecular weight excluding hydrogens is 465 g/mol. The molecule has 1 N–H and O–H groups in total. The van der Waals surface area contributed by atoms with Crippen LogP contribution in [0.15, 0.2) is 54.6 Å². The first-order valence-electron chi connectivity index (χ1n) is 10.9. The number of ether oxygens (including phenoxy) is 1. The van der Waals surface area contributed by atoms with E-state index in [1.165, 1.54) is 23.5 Å². The van der Waals surface area contributed by atoms with Crippen molar-refractivity contribution in [1.29, 1.82) is 0 Å². The third kappa shape index (κ3) is 4.26. The summed E-state index contributed by atoms with van der Waals surface area (Å²) in [6.07, 6.45) is 0. The number of nitrogens with one attached hydrogen (secondary N) is 1. The molecule has 1 amide bonds. The fourth-order valence-electron chi connectivity index (χ4n) is 3.91. The Bertz CT molecular complexity index is 1570. The van der Waals surface area contributed by atoms with Crippen LogP contribution in [0.1, 0.15) is 26.6 Å². The number of aryl methyl sites for hydroxylation is 3. The van der Waals surface area contributed by atoms with Crippen molar-refractivity contribution in [3.05, 3.63) is 82.2 Å². The van der Waals surface area contributed by atoms with E-state index in [9.17, 15) is 9.18 Å². The number of benzene rings is 2. The molecule has 0 saturated carbocycles. The highest BCUT2D eigenvalue weighted by Gasteiger charge is 2.20. The Balaban J connectivity index is 1.50. The number of hydrogen-bond acceptors (Lipinski definition) is 6. The zero-order chi connectivity index (χ0) is 24.7. The number of pyridine rings is 1. The van der Waals surface area contributed by atoms with Crippen LogP contribution in [0.5, 0.6) is 5.75 Å². The Kier molecular flexibility index (Phi) is 5.78. The minimum atomic E-state index is -0.321. The smallest absolute Gasteiger partial charge is 0.268 e. The molecule has 3 aromatic heterocycles. The Labute approximate surface area is 205 Å². The van der Waals surface area contributed by atoms with E-state index >= 15 is 0 Å². The van der Waals surface area contributed by atoms with E-state index in [4.69, 9.17) is 9.72 Å². The van der Waals surface area contributed by atoms with Gasteiger partial charge >= 0.3 is 0 Å². The lowest BCUT2D eigenvalue weighted by molar-refractivity contribution is 0.102. The number of rotatable bonds is 5. The lowest BCUT2D eigenvalue weighted by atomic mass is 10.1. The van der Waals surface area contributed by atoms with Crippen LogP contribution in [-0.2, 0) is 0 Å². The van der Waals surface area contributed by atoms with Gasteiger partial charge in [-0.05, 0) is 62.7 Å². The predicted octanol–water partition coefficient (Wildman–Crippen LogP) is 5.87. The molecule has 0 spiro atoms. The van der Waals surface area contributed by atoms with Gasteiger partial charge in [0.1, 0.15) is 32.8 Å². The average Bonchev–Trinajstić information content (AvgIpc) is 3.41. The second-order valence-electron chi connectivity index (χ2n) is 8.13. The maximum Gasteiger partial charge on any atom is 0.268 e. The molecule has 0 aliphatic carbocycles. The van der Waals surface area contributed by atoms with E-state index in [-0.39, 0.29) is 11.7 Å². The first-order chi connectivity index (χ1) is 16.8. The standard InChI is InChI=1S/C26H22FN5O2S/c1-14-12-21(29-23-19(14)6-5-7-20(23)34-4)32-22(13-15(2)31-32)30-25(33)24-16(3)28-26(35-24)17-8-10-18(27)11-9-17/h5-13H,1-4H3,(H,30,33). The number of thiazole rings is 1. The topological polar surface area (TPSA) is 81.9 Å². The van der Waals surface area contributed by atoms with Crippen LogP contribution >= 0.6 is 11.3 Å². The Morgan fingerprint density at radius 2 is 1.83 bits per heavy atom. The van der Waals surface area contributed by atoms with Crippen LogP contribution in [0.4, 0.5) is 10.2 Å². The number of fused-ring (bicyclic) bond motifs is 1. The van der Waals surface area contributed by atoms with E-state index in [2.05, 4.69) is 15.4 Å². The summed E-state index contributed by atoms with van der Waals surface area (Å²) in [6, 6.07) is 15.5. The number of methoxy groups -OCH3 is 1. The van der Waals surface area contributed by atoms with Crippen LogP contribution in [-0.4, -0.2) is 32.8 Å². The molecule has 35 heavy (non-hydrogen) atoms. The first-order valence-corrected chi connectivity index (χ1v) is 11.7. The van der Waals surface area contributed by atoms with Gasteiger partial charge in [0.25, 0.3) is 5.91 Å². The van der Waals surface area contributed by atoms with Crippen LogP contribution in [0.3, 0.4) is 0 Å². The highest BCUT2D eigenvalue weighted by molar-refractivity contribution is 7.17. The summed E-state index contributed by atoms with van der Waals surface area (Å²) >= 11 is 1.26. The quantitative estimate of drug-likeness (QED) is 0.335. The molecule has 9 heteroatoms. The maximum atomic E-state index is 13.3. The van der Waals surface area contributed by atoms with Crippen LogP contribution < -0.4 is 10.1 Å². The number of halogens is 1. The minimum absolute atomic E-state index is 0.301. The number of carbonyl (C=O) groups excluding carboxylic acids is 1. The molecule has 0 radical (unpaired) electrons. The Hall–Kier alpha value is -4.11. The van der Waals surface area contributed by atoms with Crippen molar-refractivity contribution < 1.29 is 13.9 Å². The number of carbonyl (C=O) groups is 1. The Morgan fingerprint density at radius 3 is 2.57 bits per heavy atom. The average molecular weight is 488 g/mol. The zero-order valence-electron chi connectivity index (χ0n) is 19.6. The summed E-state index contributed by atoms with van der Waals surface area (Å²) in [5, 5.41) is 9.15. The normalized spacial score (nSPS) is 11.1. The lowest BCUT2D eigenvalue weighted by Gasteiger charge is -2.12. The predicted molar refractivity (Wildman–Crippen MR) is 135 cm³/mol. The maximum absolute atomic E-state index is 13.3. The zero-order valence-corrected chi connectivity index (χ0v) is 20.4. The monoisotopic (exact) mass is 487 g/mol. The summed E-state index contributed by atoms with van der Waals surface area (Å²) < 4.78 is 20.4. The molecule has 0 fully saturated rings. The molecule has 7 nitrogen and oxygen atoms in total. The van der Waals surface area contributed by atoms with Crippen LogP contribution in [0.2, 0.25) is 0 Å². The molecule has 0 saturated heterocycles. The second kappa shape index (κ2) is 8.92. The number of aromatic nitrogens is 4. The largest absolute Gasteiger partial charge is 0.494 e. The van der Waals surface area contributed by atoms with E-state index < -0.39 is 0 Å². The molecule has 5 aromatic rings. The van der Waals surface area contributed by atoms with Crippen molar-refractivity contribution in [2.45, 2.75) is 20.8 Å². The summed E-state index contributed by atoms with van der Waals surface area (Å²) in [4.78, 5) is 23.0. The summed E-state index contributed by atoms with van der Waals surface area (Å²) in [5.41, 5.74) is 3.81. The fraction of sp³-hybridized carbons (Fsp3) is 0.154. The molecule has 5 rings (SSSR count). The second-order valence-corrected chi connectivity index (χ2v) is 9.13. The van der Waals surface area contributed by atoms with Crippen molar-refractivity contribution in [2.75, 3.05) is 12.4 Å². The van der Waals surface area contributed by atoms with Gasteiger partial charge in [0.05, 0.1) is 18.5 Å². The third-order valence-electron chi connectivity index (χ3n) is 5.60. The third-order valence-corrected chi connectivity index (χ3v) is 6.81. The van der Waals surface area contributed by atoms with Crippen molar-refractivity contribution in [3.8, 4) is 22.1 Å². The van der Waals surface area contributed by atoms with Gasteiger partial charge < -0.3 is 10.1 Å². The number of para-hydroxylation sites is 1. The van der Waals surface area contributed by atoms with Gasteiger partial charge in [0.15, 0.2) is 5.82 Å². The fourth-order valence-corrected chi connectivity index (χ4v) is 4.87. The van der Waals surface area contributed by atoms with E-state index in [1.807, 2.05) is 38.1 Å². The van der Waals surface area contributed by atoms with Gasteiger partial charge in [-0.25, -0.2) is 14.4 Å². The van der Waals surface area contributed by atoms with Crippen LogP contribution in [0.25, 0.3) is 27.3 Å². The molecule has 0 atom stereocenters. The van der Waals surface area contributed by atoms with Gasteiger partial charge in [0.2, 0.25) is 0 Å². The van der Waals surface area contributed by atoms with Crippen molar-refractivity contribution in [3.63, 3.8) is 0 Å². The molecular formula is C26H22FN5O2S. The highest BCUT2D eigenvalue weighted by atomic mass is 32.1. The molecule has 3 heterocycles. The lowest BCUT2D eigenvalue weighted by Crippen LogP contribution is -2.15.